The van der Waals surface area contributed by atoms with Gasteiger partial charge in [0.2, 0.25) is 0 Å². The molecule has 0 atom stereocenters. The van der Waals surface area contributed by atoms with Gasteiger partial charge in [0.25, 0.3) is 5.95 Å². The third kappa shape index (κ3) is 4.13. The van der Waals surface area contributed by atoms with Crippen LogP contribution in [0.15, 0.2) is 42.6 Å². The predicted molar refractivity (Wildman–Crippen MR) is 103 cm³/mol. The van der Waals surface area contributed by atoms with Crippen molar-refractivity contribution in [3.8, 4) is 5.95 Å². The zero-order valence-electron chi connectivity index (χ0n) is 16.0. The number of hydrogen-bond acceptors (Lipinski definition) is 6. The van der Waals surface area contributed by atoms with Gasteiger partial charge in [-0.05, 0) is 32.4 Å². The van der Waals surface area contributed by atoms with E-state index in [2.05, 4.69) is 15.1 Å². The van der Waals surface area contributed by atoms with Crippen molar-refractivity contribution in [1.29, 1.82) is 0 Å². The summed E-state index contributed by atoms with van der Waals surface area (Å²) in [5.41, 5.74) is 3.25. The fraction of sp³-hybridized carbons (Fsp3) is 0.300. The Kier molecular flexibility index (Phi) is 5.49. The van der Waals surface area contributed by atoms with E-state index < -0.39 is 5.97 Å². The molecule has 0 aliphatic carbocycles. The predicted octanol–water partition coefficient (Wildman–Crippen LogP) is 3.09. The van der Waals surface area contributed by atoms with Crippen molar-refractivity contribution in [2.24, 2.45) is 0 Å². The molecule has 0 radical (unpaired) electrons. The number of carbonyl (C=O) groups is 1. The van der Waals surface area contributed by atoms with E-state index in [-0.39, 0.29) is 0 Å². The van der Waals surface area contributed by atoms with E-state index >= 15 is 0 Å². The Morgan fingerprint density at radius 3 is 2.59 bits per heavy atom. The number of rotatable bonds is 6. The molecule has 2 heterocycles. The lowest BCUT2D eigenvalue weighted by molar-refractivity contribution is 0.0526. The summed E-state index contributed by atoms with van der Waals surface area (Å²) >= 11 is 0. The van der Waals surface area contributed by atoms with Gasteiger partial charge in [-0.15, -0.1) is 0 Å². The van der Waals surface area contributed by atoms with E-state index in [4.69, 9.17) is 4.74 Å². The van der Waals surface area contributed by atoms with Crippen LogP contribution in [0.1, 0.15) is 34.2 Å². The van der Waals surface area contributed by atoms with Gasteiger partial charge in [0.15, 0.2) is 0 Å². The van der Waals surface area contributed by atoms with Crippen LogP contribution in [0.3, 0.4) is 0 Å². The van der Waals surface area contributed by atoms with Crippen molar-refractivity contribution < 1.29 is 9.53 Å². The Labute approximate surface area is 158 Å². The quantitative estimate of drug-likeness (QED) is 0.625. The molecule has 7 nitrogen and oxygen atoms in total. The molecular formula is C20H23N5O2. The summed E-state index contributed by atoms with van der Waals surface area (Å²) < 4.78 is 6.85. The van der Waals surface area contributed by atoms with Gasteiger partial charge < -0.3 is 9.64 Å². The fourth-order valence-corrected chi connectivity index (χ4v) is 2.87. The molecule has 3 rings (SSSR count). The van der Waals surface area contributed by atoms with E-state index in [0.29, 0.717) is 30.5 Å². The topological polar surface area (TPSA) is 73.1 Å². The Bertz CT molecular complexity index is 937. The number of anilines is 1. The molecule has 0 spiro atoms. The van der Waals surface area contributed by atoms with Crippen LogP contribution in [0.25, 0.3) is 5.95 Å². The van der Waals surface area contributed by atoms with Crippen molar-refractivity contribution in [3.05, 3.63) is 65.1 Å². The second-order valence-electron chi connectivity index (χ2n) is 6.31. The molecule has 3 aromatic rings. The number of nitrogens with zero attached hydrogens (tertiary/aromatic N) is 5. The summed E-state index contributed by atoms with van der Waals surface area (Å²) in [5.74, 6) is 0.491. The Balaban J connectivity index is 2.02. The number of carbonyl (C=O) groups excluding carboxylic acids is 1. The first-order valence-corrected chi connectivity index (χ1v) is 8.82. The number of esters is 1. The summed E-state index contributed by atoms with van der Waals surface area (Å²) in [5, 5.41) is 4.43. The SMILES string of the molecule is CCOC(=O)c1cnc(-n2nc(C)cc2C)nc1N(C)Cc1ccccc1. The molecule has 0 amide bonds. The first-order valence-electron chi connectivity index (χ1n) is 8.82. The summed E-state index contributed by atoms with van der Waals surface area (Å²) in [6.07, 6.45) is 1.51. The highest BCUT2D eigenvalue weighted by atomic mass is 16.5. The molecular weight excluding hydrogens is 342 g/mol. The molecule has 0 aliphatic heterocycles. The molecule has 0 saturated heterocycles. The standard InChI is InChI=1S/C20H23N5O2/c1-5-27-19(26)17-12-21-20(25-15(3)11-14(2)23-25)22-18(17)24(4)13-16-9-7-6-8-10-16/h6-12H,5,13H2,1-4H3. The summed E-state index contributed by atoms with van der Waals surface area (Å²) in [4.78, 5) is 23.3. The van der Waals surface area contributed by atoms with Crippen LogP contribution < -0.4 is 4.90 Å². The van der Waals surface area contributed by atoms with E-state index in [1.165, 1.54) is 6.20 Å². The van der Waals surface area contributed by atoms with Crippen molar-refractivity contribution in [2.75, 3.05) is 18.6 Å². The molecule has 0 N–H and O–H groups in total. The summed E-state index contributed by atoms with van der Waals surface area (Å²) in [6, 6.07) is 12.0. The molecule has 0 bridgehead atoms. The first-order chi connectivity index (χ1) is 13.0. The third-order valence-electron chi connectivity index (χ3n) is 4.07. The maximum Gasteiger partial charge on any atom is 0.343 e. The van der Waals surface area contributed by atoms with Gasteiger partial charge in [-0.3, -0.25) is 0 Å². The molecule has 7 heteroatoms. The van der Waals surface area contributed by atoms with Crippen molar-refractivity contribution in [1.82, 2.24) is 19.7 Å². The number of ether oxygens (including phenoxy) is 1. The van der Waals surface area contributed by atoms with Crippen LogP contribution >= 0.6 is 0 Å². The highest BCUT2D eigenvalue weighted by molar-refractivity contribution is 5.94. The van der Waals surface area contributed by atoms with Gasteiger partial charge in [0.1, 0.15) is 11.4 Å². The molecule has 0 saturated carbocycles. The normalized spacial score (nSPS) is 10.7. The number of aryl methyl sites for hydroxylation is 2. The van der Waals surface area contributed by atoms with E-state index in [9.17, 15) is 4.79 Å². The van der Waals surface area contributed by atoms with Crippen LogP contribution in [-0.2, 0) is 11.3 Å². The third-order valence-corrected chi connectivity index (χ3v) is 4.07. The molecule has 0 aliphatic rings. The van der Waals surface area contributed by atoms with Gasteiger partial charge in [-0.2, -0.15) is 10.1 Å². The number of aromatic nitrogens is 4. The van der Waals surface area contributed by atoms with Crippen LogP contribution in [0.5, 0.6) is 0 Å². The second kappa shape index (κ2) is 7.99. The monoisotopic (exact) mass is 365 g/mol. The fourth-order valence-electron chi connectivity index (χ4n) is 2.87. The minimum absolute atomic E-state index is 0.292. The molecule has 2 aromatic heterocycles. The average Bonchev–Trinajstić information content (AvgIpc) is 3.00. The van der Waals surface area contributed by atoms with Gasteiger partial charge in [0, 0.05) is 25.5 Å². The zero-order chi connectivity index (χ0) is 19.4. The molecule has 27 heavy (non-hydrogen) atoms. The minimum Gasteiger partial charge on any atom is -0.462 e. The Hall–Kier alpha value is -3.22. The summed E-state index contributed by atoms with van der Waals surface area (Å²) in [6.45, 7) is 6.52. The highest BCUT2D eigenvalue weighted by Gasteiger charge is 2.20. The maximum absolute atomic E-state index is 12.4. The minimum atomic E-state index is -0.438. The van der Waals surface area contributed by atoms with Gasteiger partial charge in [-0.25, -0.2) is 14.5 Å². The molecule has 0 fully saturated rings. The second-order valence-corrected chi connectivity index (χ2v) is 6.31. The van der Waals surface area contributed by atoms with Crippen molar-refractivity contribution in [3.63, 3.8) is 0 Å². The van der Waals surface area contributed by atoms with Crippen LogP contribution in [0.4, 0.5) is 5.82 Å². The van der Waals surface area contributed by atoms with Crippen LogP contribution in [-0.4, -0.2) is 39.4 Å². The zero-order valence-corrected chi connectivity index (χ0v) is 16.0. The first kappa shape index (κ1) is 18.6. The van der Waals surface area contributed by atoms with Gasteiger partial charge in [0.05, 0.1) is 12.3 Å². The maximum atomic E-state index is 12.4. The van der Waals surface area contributed by atoms with E-state index in [0.717, 1.165) is 17.0 Å². The number of hydrogen-bond donors (Lipinski definition) is 0. The Morgan fingerprint density at radius 2 is 1.96 bits per heavy atom. The lowest BCUT2D eigenvalue weighted by Crippen LogP contribution is -2.23. The highest BCUT2D eigenvalue weighted by Crippen LogP contribution is 2.21. The Morgan fingerprint density at radius 1 is 1.22 bits per heavy atom. The lowest BCUT2D eigenvalue weighted by atomic mass is 10.2. The van der Waals surface area contributed by atoms with Gasteiger partial charge >= 0.3 is 5.97 Å². The van der Waals surface area contributed by atoms with Crippen molar-refractivity contribution >= 4 is 11.8 Å². The smallest absolute Gasteiger partial charge is 0.343 e. The largest absolute Gasteiger partial charge is 0.462 e. The lowest BCUT2D eigenvalue weighted by Gasteiger charge is -2.21. The molecule has 0 unspecified atom stereocenters. The van der Waals surface area contributed by atoms with Crippen LogP contribution in [0, 0.1) is 13.8 Å². The van der Waals surface area contributed by atoms with Gasteiger partial charge in [-0.1, -0.05) is 30.3 Å². The molecule has 1 aromatic carbocycles. The molecule has 140 valence electrons. The number of benzene rings is 1. The average molecular weight is 365 g/mol. The van der Waals surface area contributed by atoms with Crippen LogP contribution in [0.2, 0.25) is 0 Å². The summed E-state index contributed by atoms with van der Waals surface area (Å²) in [7, 11) is 1.89. The van der Waals surface area contributed by atoms with Crippen molar-refractivity contribution in [2.45, 2.75) is 27.3 Å². The van der Waals surface area contributed by atoms with E-state index in [1.807, 2.05) is 62.2 Å². The van der Waals surface area contributed by atoms with E-state index in [1.54, 1.807) is 11.6 Å².